The van der Waals surface area contributed by atoms with E-state index in [0.717, 1.165) is 11.0 Å². The summed E-state index contributed by atoms with van der Waals surface area (Å²) in [4.78, 5) is 16.0. The number of thioether (sulfide) groups is 1. The largest absolute Gasteiger partial charge is 0.303 e. The average Bonchev–Trinajstić information content (AvgIpc) is 3.16. The Morgan fingerprint density at radius 2 is 2.23 bits per heavy atom. The highest BCUT2D eigenvalue weighted by atomic mass is 32.2. The van der Waals surface area contributed by atoms with Gasteiger partial charge in [0.1, 0.15) is 5.82 Å². The van der Waals surface area contributed by atoms with Gasteiger partial charge < -0.3 is 9.88 Å². The van der Waals surface area contributed by atoms with Gasteiger partial charge in [0.15, 0.2) is 10.3 Å². The van der Waals surface area contributed by atoms with E-state index in [1.54, 1.807) is 6.20 Å². The fourth-order valence-corrected chi connectivity index (χ4v) is 4.17. The number of nitrogens with zero attached hydrogens (tertiary/aromatic N) is 4. The van der Waals surface area contributed by atoms with Crippen LogP contribution < -0.4 is 5.32 Å². The SMILES string of the molecule is Cc1nnc(SCC(=O)Nc2nccs2)n1C1CCCCC1. The molecule has 0 atom stereocenters. The van der Waals surface area contributed by atoms with Gasteiger partial charge in [0.05, 0.1) is 5.75 Å². The maximum atomic E-state index is 12.0. The molecule has 2 heterocycles. The second kappa shape index (κ2) is 7.23. The molecule has 22 heavy (non-hydrogen) atoms. The molecule has 1 amide bonds. The molecule has 1 aliphatic carbocycles. The van der Waals surface area contributed by atoms with Gasteiger partial charge in [-0.25, -0.2) is 4.98 Å². The summed E-state index contributed by atoms with van der Waals surface area (Å²) in [5.74, 6) is 1.20. The number of rotatable bonds is 5. The van der Waals surface area contributed by atoms with Crippen molar-refractivity contribution in [3.8, 4) is 0 Å². The standard InChI is InChI=1S/C14H19N5OS2/c1-10-17-18-14(19(10)11-5-3-2-4-6-11)22-9-12(20)16-13-15-7-8-21-13/h7-8,11H,2-6,9H2,1H3,(H,15,16,20). The fourth-order valence-electron chi connectivity index (χ4n) is 2.78. The summed E-state index contributed by atoms with van der Waals surface area (Å²) in [5, 5.41) is 14.5. The molecule has 1 saturated carbocycles. The van der Waals surface area contributed by atoms with Crippen molar-refractivity contribution in [1.29, 1.82) is 0 Å². The van der Waals surface area contributed by atoms with E-state index in [9.17, 15) is 4.79 Å². The lowest BCUT2D eigenvalue weighted by atomic mass is 9.95. The zero-order chi connectivity index (χ0) is 15.4. The van der Waals surface area contributed by atoms with E-state index in [0.29, 0.717) is 16.9 Å². The van der Waals surface area contributed by atoms with E-state index < -0.39 is 0 Å². The van der Waals surface area contributed by atoms with E-state index >= 15 is 0 Å². The molecule has 1 N–H and O–H groups in total. The summed E-state index contributed by atoms with van der Waals surface area (Å²) >= 11 is 2.86. The highest BCUT2D eigenvalue weighted by Crippen LogP contribution is 2.32. The zero-order valence-electron chi connectivity index (χ0n) is 12.5. The molecule has 2 aromatic rings. The molecule has 2 aromatic heterocycles. The van der Waals surface area contributed by atoms with Crippen LogP contribution >= 0.6 is 23.1 Å². The van der Waals surface area contributed by atoms with Crippen LogP contribution in [0.2, 0.25) is 0 Å². The molecule has 0 radical (unpaired) electrons. The minimum Gasteiger partial charge on any atom is -0.303 e. The first kappa shape index (κ1) is 15.5. The minimum atomic E-state index is -0.0594. The van der Waals surface area contributed by atoms with Crippen LogP contribution in [-0.2, 0) is 4.79 Å². The predicted molar refractivity (Wildman–Crippen MR) is 88.3 cm³/mol. The predicted octanol–water partition coefficient (Wildman–Crippen LogP) is 3.28. The number of amides is 1. The van der Waals surface area contributed by atoms with Gasteiger partial charge in [0.25, 0.3) is 0 Å². The maximum absolute atomic E-state index is 12.0. The van der Waals surface area contributed by atoms with Crippen molar-refractivity contribution in [3.63, 3.8) is 0 Å². The summed E-state index contributed by atoms with van der Waals surface area (Å²) in [6.45, 7) is 1.99. The van der Waals surface area contributed by atoms with Crippen LogP contribution in [0.25, 0.3) is 0 Å². The third-order valence-corrected chi connectivity index (χ3v) is 5.42. The first-order chi connectivity index (χ1) is 10.7. The Bertz CT molecular complexity index is 619. The number of nitrogens with one attached hydrogen (secondary N) is 1. The van der Waals surface area contributed by atoms with Crippen LogP contribution in [0.4, 0.5) is 5.13 Å². The molecule has 118 valence electrons. The Hall–Kier alpha value is -1.41. The Labute approximate surface area is 137 Å². The molecule has 0 unspecified atom stereocenters. The van der Waals surface area contributed by atoms with Crippen LogP contribution in [0.1, 0.15) is 44.0 Å². The molecule has 1 fully saturated rings. The van der Waals surface area contributed by atoms with Gasteiger partial charge in [0, 0.05) is 17.6 Å². The summed E-state index contributed by atoms with van der Waals surface area (Å²) in [7, 11) is 0. The number of hydrogen-bond acceptors (Lipinski definition) is 6. The molecular formula is C14H19N5OS2. The van der Waals surface area contributed by atoms with Crippen molar-refractivity contribution in [1.82, 2.24) is 19.7 Å². The Balaban J connectivity index is 1.61. The van der Waals surface area contributed by atoms with Gasteiger partial charge in [-0.3, -0.25) is 4.79 Å². The summed E-state index contributed by atoms with van der Waals surface area (Å²) in [5.41, 5.74) is 0. The van der Waals surface area contributed by atoms with E-state index in [2.05, 4.69) is 25.1 Å². The van der Waals surface area contributed by atoms with E-state index in [1.807, 2.05) is 12.3 Å². The Kier molecular flexibility index (Phi) is 5.09. The zero-order valence-corrected chi connectivity index (χ0v) is 14.1. The van der Waals surface area contributed by atoms with Crippen LogP contribution in [0.15, 0.2) is 16.7 Å². The third kappa shape index (κ3) is 3.67. The number of thiazole rings is 1. The number of carbonyl (C=O) groups is 1. The minimum absolute atomic E-state index is 0.0594. The van der Waals surface area contributed by atoms with Gasteiger partial charge in [-0.05, 0) is 19.8 Å². The molecule has 6 nitrogen and oxygen atoms in total. The highest BCUT2D eigenvalue weighted by Gasteiger charge is 2.21. The monoisotopic (exact) mass is 337 g/mol. The third-order valence-electron chi connectivity index (χ3n) is 3.79. The van der Waals surface area contributed by atoms with E-state index in [4.69, 9.17) is 0 Å². The van der Waals surface area contributed by atoms with Gasteiger partial charge in [0.2, 0.25) is 5.91 Å². The summed E-state index contributed by atoms with van der Waals surface area (Å²) in [6.07, 6.45) is 7.87. The molecular weight excluding hydrogens is 318 g/mol. The maximum Gasteiger partial charge on any atom is 0.236 e. The number of aromatic nitrogens is 4. The molecule has 0 spiro atoms. The molecule has 3 rings (SSSR count). The summed E-state index contributed by atoms with van der Waals surface area (Å²) < 4.78 is 2.21. The smallest absolute Gasteiger partial charge is 0.236 e. The molecule has 0 bridgehead atoms. The van der Waals surface area contributed by atoms with Gasteiger partial charge in [-0.15, -0.1) is 21.5 Å². The lowest BCUT2D eigenvalue weighted by Gasteiger charge is -2.24. The van der Waals surface area contributed by atoms with Crippen LogP contribution in [0.3, 0.4) is 0 Å². The molecule has 0 aromatic carbocycles. The topological polar surface area (TPSA) is 72.7 Å². The Morgan fingerprint density at radius 1 is 1.41 bits per heavy atom. The lowest BCUT2D eigenvalue weighted by Crippen LogP contribution is -2.17. The van der Waals surface area contributed by atoms with Crippen molar-refractivity contribution in [3.05, 3.63) is 17.4 Å². The Morgan fingerprint density at radius 3 is 2.95 bits per heavy atom. The van der Waals surface area contributed by atoms with Crippen LogP contribution in [0, 0.1) is 6.92 Å². The fraction of sp³-hybridized carbons (Fsp3) is 0.571. The summed E-state index contributed by atoms with van der Waals surface area (Å²) in [6, 6.07) is 0.480. The number of carbonyl (C=O) groups excluding carboxylic acids is 1. The molecule has 1 aliphatic rings. The second-order valence-corrected chi connectivity index (χ2v) is 7.20. The van der Waals surface area contributed by atoms with Crippen LogP contribution in [-0.4, -0.2) is 31.4 Å². The number of anilines is 1. The van der Waals surface area contributed by atoms with Crippen molar-refractivity contribution in [2.45, 2.75) is 50.2 Å². The molecule has 8 heteroatoms. The first-order valence-electron chi connectivity index (χ1n) is 7.47. The van der Waals surface area contributed by atoms with Crippen molar-refractivity contribution >= 4 is 34.1 Å². The van der Waals surface area contributed by atoms with E-state index in [1.165, 1.54) is 55.2 Å². The molecule has 0 saturated heterocycles. The normalized spacial score (nSPS) is 15.9. The number of hydrogen-bond donors (Lipinski definition) is 1. The average molecular weight is 337 g/mol. The first-order valence-corrected chi connectivity index (χ1v) is 9.34. The number of aryl methyl sites for hydroxylation is 1. The van der Waals surface area contributed by atoms with Crippen LogP contribution in [0.5, 0.6) is 0 Å². The van der Waals surface area contributed by atoms with Crippen molar-refractivity contribution in [2.24, 2.45) is 0 Å². The quantitative estimate of drug-likeness (QED) is 0.848. The van der Waals surface area contributed by atoms with Crippen molar-refractivity contribution in [2.75, 3.05) is 11.1 Å². The highest BCUT2D eigenvalue weighted by molar-refractivity contribution is 7.99. The van der Waals surface area contributed by atoms with Gasteiger partial charge in [-0.1, -0.05) is 31.0 Å². The second-order valence-electron chi connectivity index (χ2n) is 5.37. The van der Waals surface area contributed by atoms with Gasteiger partial charge >= 0.3 is 0 Å². The molecule has 0 aliphatic heterocycles. The van der Waals surface area contributed by atoms with Gasteiger partial charge in [-0.2, -0.15) is 0 Å². The van der Waals surface area contributed by atoms with E-state index in [-0.39, 0.29) is 5.91 Å². The van der Waals surface area contributed by atoms with Crippen molar-refractivity contribution < 1.29 is 4.79 Å². The lowest BCUT2D eigenvalue weighted by molar-refractivity contribution is -0.113.